The second-order valence-electron chi connectivity index (χ2n) is 14.8. The Bertz CT molecular complexity index is 1480. The number of ether oxygens (including phenoxy) is 1. The predicted octanol–water partition coefficient (Wildman–Crippen LogP) is 13.6. The van der Waals surface area contributed by atoms with Crippen molar-refractivity contribution in [2.45, 2.75) is 128 Å². The zero-order valence-corrected chi connectivity index (χ0v) is 29.6. The summed E-state index contributed by atoms with van der Waals surface area (Å²) < 4.78 is 36.3. The number of benzene rings is 2. The lowest BCUT2D eigenvalue weighted by Gasteiger charge is -2.29. The van der Waals surface area contributed by atoms with Gasteiger partial charge >= 0.3 is 0 Å². The van der Waals surface area contributed by atoms with Crippen molar-refractivity contribution in [3.8, 4) is 34.0 Å². The summed E-state index contributed by atoms with van der Waals surface area (Å²) in [5, 5.41) is 0. The molecule has 2 aromatic carbocycles. The van der Waals surface area contributed by atoms with Gasteiger partial charge in [0.05, 0.1) is 12.4 Å². The van der Waals surface area contributed by atoms with Crippen LogP contribution in [0.4, 0.5) is 8.78 Å². The lowest BCUT2D eigenvalue weighted by Crippen LogP contribution is -2.13. The summed E-state index contributed by atoms with van der Waals surface area (Å²) in [4.78, 5) is 8.75. The largest absolute Gasteiger partial charge is 0.454 e. The minimum atomic E-state index is -0.479. The maximum atomic E-state index is 15.2. The average Bonchev–Trinajstić information content (AvgIpc) is 3.13. The smallest absolute Gasteiger partial charge is 0.153 e. The molecule has 2 fully saturated rings. The minimum Gasteiger partial charge on any atom is -0.454 e. The first-order valence-corrected chi connectivity index (χ1v) is 19.2. The normalized spacial score (nSPS) is 21.1. The number of nitrogens with zero attached hydrogens (tertiary/aromatic N) is 2. The van der Waals surface area contributed by atoms with Gasteiger partial charge in [0.15, 0.2) is 11.6 Å². The van der Waals surface area contributed by atoms with Gasteiger partial charge in [-0.2, -0.15) is 0 Å². The van der Waals surface area contributed by atoms with Crippen LogP contribution in [0.3, 0.4) is 0 Å². The SMILES string of the molecule is CCCCCC1CCC(c2ccc(-c3ncc(Oc4cnc(-c5ccc(C6CCC(CCCCC)CC6)cc5)c(F)c4)cc3F)cc2)CC1. The Kier molecular flexibility index (Phi) is 12.5. The van der Waals surface area contributed by atoms with Crippen LogP contribution in [0.1, 0.15) is 140 Å². The van der Waals surface area contributed by atoms with Gasteiger partial charge in [0, 0.05) is 23.3 Å². The van der Waals surface area contributed by atoms with Crippen molar-refractivity contribution in [1.82, 2.24) is 9.97 Å². The van der Waals surface area contributed by atoms with Crippen LogP contribution >= 0.6 is 0 Å². The van der Waals surface area contributed by atoms with E-state index in [9.17, 15) is 0 Å². The molecule has 0 radical (unpaired) electrons. The molecule has 6 rings (SSSR count). The summed E-state index contributed by atoms with van der Waals surface area (Å²) in [6.07, 6.45) is 23.9. The van der Waals surface area contributed by atoms with E-state index in [4.69, 9.17) is 4.74 Å². The highest BCUT2D eigenvalue weighted by Gasteiger charge is 2.24. The third-order valence-electron chi connectivity index (χ3n) is 11.3. The van der Waals surface area contributed by atoms with Gasteiger partial charge in [-0.3, -0.25) is 0 Å². The Morgan fingerprint density at radius 3 is 1.29 bits per heavy atom. The summed E-state index contributed by atoms with van der Waals surface area (Å²) in [6, 6.07) is 19.0. The van der Waals surface area contributed by atoms with Crippen molar-refractivity contribution in [3.63, 3.8) is 0 Å². The van der Waals surface area contributed by atoms with E-state index in [2.05, 4.69) is 48.1 Å². The van der Waals surface area contributed by atoms with Gasteiger partial charge < -0.3 is 4.74 Å². The van der Waals surface area contributed by atoms with Crippen LogP contribution in [0.5, 0.6) is 11.5 Å². The zero-order chi connectivity index (χ0) is 34.0. The van der Waals surface area contributed by atoms with Gasteiger partial charge in [0.2, 0.25) is 0 Å². The van der Waals surface area contributed by atoms with E-state index in [0.29, 0.717) is 11.8 Å². The third kappa shape index (κ3) is 9.35. The molecule has 2 heterocycles. The second-order valence-corrected chi connectivity index (χ2v) is 14.8. The summed E-state index contributed by atoms with van der Waals surface area (Å²) in [7, 11) is 0. The maximum absolute atomic E-state index is 15.2. The van der Waals surface area contributed by atoms with E-state index in [1.54, 1.807) is 0 Å². The standard InChI is InChI=1S/C44H54F2N2O/c1-3-5-7-9-31-11-15-33(16-12-31)35-19-23-37(24-20-35)43-41(45)27-39(29-47-43)49-40-28-42(46)44(48-30-40)38-25-21-36(22-26-38)34-17-13-32(14-18-34)10-8-6-4-2/h19-34H,3-18H2,1-2H3. The number of aromatic nitrogens is 2. The van der Waals surface area contributed by atoms with Crippen molar-refractivity contribution < 1.29 is 13.5 Å². The first-order chi connectivity index (χ1) is 24.0. The number of pyridine rings is 2. The van der Waals surface area contributed by atoms with E-state index in [0.717, 1.165) is 23.0 Å². The lowest BCUT2D eigenvalue weighted by molar-refractivity contribution is 0.303. The molecule has 0 spiro atoms. The molecule has 2 aromatic heterocycles. The van der Waals surface area contributed by atoms with Crippen molar-refractivity contribution in [2.24, 2.45) is 11.8 Å². The zero-order valence-electron chi connectivity index (χ0n) is 29.6. The molecule has 0 atom stereocenters. The maximum Gasteiger partial charge on any atom is 0.153 e. The molecule has 5 heteroatoms. The first kappa shape index (κ1) is 35.2. The fourth-order valence-corrected chi connectivity index (χ4v) is 8.27. The van der Waals surface area contributed by atoms with Gasteiger partial charge in [0.1, 0.15) is 22.9 Å². The Hall–Kier alpha value is -3.60. The first-order valence-electron chi connectivity index (χ1n) is 19.2. The minimum absolute atomic E-state index is 0.201. The molecule has 0 aliphatic heterocycles. The highest BCUT2D eigenvalue weighted by atomic mass is 19.1. The summed E-state index contributed by atoms with van der Waals surface area (Å²) in [5.74, 6) is 2.37. The fourth-order valence-electron chi connectivity index (χ4n) is 8.27. The van der Waals surface area contributed by atoms with Crippen LogP contribution in [-0.2, 0) is 0 Å². The van der Waals surface area contributed by atoms with Crippen molar-refractivity contribution in [2.75, 3.05) is 0 Å². The van der Waals surface area contributed by atoms with Gasteiger partial charge in [-0.1, -0.05) is 114 Å². The molecule has 0 N–H and O–H groups in total. The molecule has 260 valence electrons. The molecule has 3 nitrogen and oxygen atoms in total. The molecular weight excluding hydrogens is 610 g/mol. The molecule has 0 amide bonds. The van der Waals surface area contributed by atoms with Crippen molar-refractivity contribution in [1.29, 1.82) is 0 Å². The quantitative estimate of drug-likeness (QED) is 0.126. The van der Waals surface area contributed by atoms with E-state index in [-0.39, 0.29) is 22.9 Å². The van der Waals surface area contributed by atoms with Crippen LogP contribution in [0.15, 0.2) is 73.1 Å². The number of hydrogen-bond acceptors (Lipinski definition) is 3. The lowest BCUT2D eigenvalue weighted by atomic mass is 9.77. The Labute approximate surface area is 293 Å². The Balaban J connectivity index is 1.02. The molecule has 2 saturated carbocycles. The van der Waals surface area contributed by atoms with Crippen LogP contribution in [-0.4, -0.2) is 9.97 Å². The van der Waals surface area contributed by atoms with E-state index in [1.165, 1.54) is 138 Å². The molecule has 49 heavy (non-hydrogen) atoms. The highest BCUT2D eigenvalue weighted by molar-refractivity contribution is 5.62. The molecular formula is C44H54F2N2O. The number of hydrogen-bond donors (Lipinski definition) is 0. The molecule has 2 aliphatic carbocycles. The molecule has 0 bridgehead atoms. The molecule has 0 unspecified atom stereocenters. The monoisotopic (exact) mass is 664 g/mol. The predicted molar refractivity (Wildman–Crippen MR) is 197 cm³/mol. The van der Waals surface area contributed by atoms with E-state index >= 15 is 8.78 Å². The van der Waals surface area contributed by atoms with Gasteiger partial charge in [-0.05, 0) is 86.2 Å². The average molecular weight is 665 g/mol. The Morgan fingerprint density at radius 2 is 0.939 bits per heavy atom. The van der Waals surface area contributed by atoms with Crippen LogP contribution in [0.2, 0.25) is 0 Å². The fraction of sp³-hybridized carbons (Fsp3) is 0.500. The van der Waals surface area contributed by atoms with E-state index < -0.39 is 11.6 Å². The van der Waals surface area contributed by atoms with Crippen LogP contribution < -0.4 is 4.74 Å². The third-order valence-corrected chi connectivity index (χ3v) is 11.3. The Morgan fingerprint density at radius 1 is 0.551 bits per heavy atom. The highest BCUT2D eigenvalue weighted by Crippen LogP contribution is 2.40. The van der Waals surface area contributed by atoms with Gasteiger partial charge in [-0.15, -0.1) is 0 Å². The van der Waals surface area contributed by atoms with E-state index in [1.807, 2.05) is 24.3 Å². The van der Waals surface area contributed by atoms with Crippen LogP contribution in [0.25, 0.3) is 22.5 Å². The second kappa shape index (κ2) is 17.4. The number of rotatable bonds is 14. The molecule has 4 aromatic rings. The van der Waals surface area contributed by atoms with Crippen molar-refractivity contribution in [3.05, 3.63) is 95.8 Å². The molecule has 0 saturated heterocycles. The number of halogens is 2. The summed E-state index contributed by atoms with van der Waals surface area (Å²) in [5.41, 5.74) is 4.70. The van der Waals surface area contributed by atoms with Crippen LogP contribution in [0, 0.1) is 23.5 Å². The summed E-state index contributed by atoms with van der Waals surface area (Å²) in [6.45, 7) is 4.53. The van der Waals surface area contributed by atoms with Gasteiger partial charge in [-0.25, -0.2) is 18.7 Å². The van der Waals surface area contributed by atoms with Gasteiger partial charge in [0.25, 0.3) is 0 Å². The topological polar surface area (TPSA) is 35.0 Å². The van der Waals surface area contributed by atoms with Crippen molar-refractivity contribution >= 4 is 0 Å². The molecule has 2 aliphatic rings. The summed E-state index contributed by atoms with van der Waals surface area (Å²) >= 11 is 0. The number of unbranched alkanes of at least 4 members (excludes halogenated alkanes) is 4.